The van der Waals surface area contributed by atoms with Gasteiger partial charge in [0.05, 0.1) is 4.90 Å². The summed E-state index contributed by atoms with van der Waals surface area (Å²) in [5, 5.41) is 3.35. The summed E-state index contributed by atoms with van der Waals surface area (Å²) in [7, 11) is -3.38. The number of benzene rings is 1. The van der Waals surface area contributed by atoms with Gasteiger partial charge in [-0.05, 0) is 50.0 Å². The second kappa shape index (κ2) is 4.84. The van der Waals surface area contributed by atoms with E-state index in [0.717, 1.165) is 17.6 Å². The maximum absolute atomic E-state index is 12.7. The molecule has 3 unspecified atom stereocenters. The van der Waals surface area contributed by atoms with Crippen molar-refractivity contribution in [3.05, 3.63) is 28.7 Å². The number of hydrogen-bond acceptors (Lipinski definition) is 3. The Bertz CT molecular complexity index is 590. The zero-order valence-corrected chi connectivity index (χ0v) is 13.1. The summed E-state index contributed by atoms with van der Waals surface area (Å²) in [6, 6.07) is 7.02. The number of sulfonamides is 1. The highest BCUT2D eigenvalue weighted by Crippen LogP contribution is 2.36. The molecule has 0 aromatic heterocycles. The topological polar surface area (TPSA) is 49.4 Å². The van der Waals surface area contributed by atoms with Gasteiger partial charge < -0.3 is 5.32 Å². The summed E-state index contributed by atoms with van der Waals surface area (Å²) >= 11 is 3.33. The Morgan fingerprint density at radius 3 is 2.84 bits per heavy atom. The van der Waals surface area contributed by atoms with Crippen LogP contribution in [0, 0.1) is 11.8 Å². The molecule has 0 bridgehead atoms. The van der Waals surface area contributed by atoms with Gasteiger partial charge in [-0.25, -0.2) is 8.42 Å². The molecule has 2 aliphatic heterocycles. The molecule has 0 aliphatic carbocycles. The molecule has 19 heavy (non-hydrogen) atoms. The third kappa shape index (κ3) is 2.24. The lowest BCUT2D eigenvalue weighted by Crippen LogP contribution is -2.38. The van der Waals surface area contributed by atoms with Gasteiger partial charge in [0.1, 0.15) is 0 Å². The number of nitrogens with one attached hydrogen (secondary N) is 1. The molecule has 3 atom stereocenters. The van der Waals surface area contributed by atoms with Crippen LogP contribution in [0.1, 0.15) is 6.92 Å². The van der Waals surface area contributed by atoms with Crippen LogP contribution in [0.2, 0.25) is 0 Å². The Kier molecular flexibility index (Phi) is 3.45. The van der Waals surface area contributed by atoms with E-state index in [1.54, 1.807) is 22.5 Å². The van der Waals surface area contributed by atoms with Crippen LogP contribution in [0.5, 0.6) is 0 Å². The van der Waals surface area contributed by atoms with Crippen molar-refractivity contribution in [2.45, 2.75) is 17.9 Å². The van der Waals surface area contributed by atoms with E-state index < -0.39 is 10.0 Å². The molecule has 3 rings (SSSR count). The van der Waals surface area contributed by atoms with E-state index in [2.05, 4.69) is 21.2 Å². The molecule has 6 heteroatoms. The first-order valence-corrected chi connectivity index (χ1v) is 8.71. The average Bonchev–Trinajstić information content (AvgIpc) is 2.93. The van der Waals surface area contributed by atoms with Crippen LogP contribution in [-0.2, 0) is 10.0 Å². The molecule has 0 spiro atoms. The van der Waals surface area contributed by atoms with Crippen LogP contribution in [0.4, 0.5) is 0 Å². The molecule has 1 N–H and O–H groups in total. The second-order valence-corrected chi connectivity index (χ2v) is 8.16. The van der Waals surface area contributed by atoms with E-state index in [4.69, 9.17) is 0 Å². The van der Waals surface area contributed by atoms with E-state index in [0.29, 0.717) is 23.3 Å². The van der Waals surface area contributed by atoms with Crippen molar-refractivity contribution in [1.29, 1.82) is 0 Å². The van der Waals surface area contributed by atoms with Crippen LogP contribution in [0.15, 0.2) is 33.6 Å². The van der Waals surface area contributed by atoms with Gasteiger partial charge in [-0.2, -0.15) is 4.31 Å². The van der Waals surface area contributed by atoms with Gasteiger partial charge in [0.25, 0.3) is 0 Å². The highest BCUT2D eigenvalue weighted by molar-refractivity contribution is 9.10. The maximum atomic E-state index is 12.7. The third-order valence-electron chi connectivity index (χ3n) is 4.28. The monoisotopic (exact) mass is 344 g/mol. The fourth-order valence-corrected chi connectivity index (χ4v) is 5.54. The van der Waals surface area contributed by atoms with Crippen molar-refractivity contribution in [1.82, 2.24) is 9.62 Å². The van der Waals surface area contributed by atoms with Crippen molar-refractivity contribution < 1.29 is 8.42 Å². The van der Waals surface area contributed by atoms with Crippen molar-refractivity contribution in [2.24, 2.45) is 11.8 Å². The third-order valence-corrected chi connectivity index (χ3v) is 6.73. The van der Waals surface area contributed by atoms with E-state index >= 15 is 0 Å². The van der Waals surface area contributed by atoms with Gasteiger partial charge in [0, 0.05) is 17.1 Å². The van der Waals surface area contributed by atoms with Crippen LogP contribution in [0.25, 0.3) is 0 Å². The fraction of sp³-hybridized carbons (Fsp3) is 0.538. The van der Waals surface area contributed by atoms with E-state index in [9.17, 15) is 8.42 Å². The minimum atomic E-state index is -3.38. The van der Waals surface area contributed by atoms with E-state index in [1.165, 1.54) is 0 Å². The van der Waals surface area contributed by atoms with Gasteiger partial charge in [-0.3, -0.25) is 0 Å². The molecule has 4 nitrogen and oxygen atoms in total. The minimum absolute atomic E-state index is 0.0731. The summed E-state index contributed by atoms with van der Waals surface area (Å²) in [4.78, 5) is 0.377. The van der Waals surface area contributed by atoms with Crippen LogP contribution in [-0.4, -0.2) is 38.4 Å². The minimum Gasteiger partial charge on any atom is -0.316 e. The molecule has 1 aromatic rings. The van der Waals surface area contributed by atoms with Crippen molar-refractivity contribution in [3.8, 4) is 0 Å². The molecule has 0 saturated carbocycles. The molecule has 2 fully saturated rings. The van der Waals surface area contributed by atoms with E-state index in [1.807, 2.05) is 13.0 Å². The smallest absolute Gasteiger partial charge is 0.243 e. The normalized spacial score (nSPS) is 31.6. The summed E-state index contributed by atoms with van der Waals surface area (Å²) < 4.78 is 27.9. The van der Waals surface area contributed by atoms with Crippen LogP contribution >= 0.6 is 15.9 Å². The molecule has 2 heterocycles. The summed E-state index contributed by atoms with van der Waals surface area (Å²) in [6.45, 7) is 4.51. The van der Waals surface area contributed by atoms with Gasteiger partial charge in [0.15, 0.2) is 0 Å². The SMILES string of the molecule is CC1C2CNCC2CN1S(=O)(=O)c1cccc(Br)c1. The quantitative estimate of drug-likeness (QED) is 0.887. The molecular weight excluding hydrogens is 328 g/mol. The standard InChI is InChI=1S/C13H17BrN2O2S/c1-9-13-7-15-6-10(13)8-16(9)19(17,18)12-4-2-3-11(14)5-12/h2-5,9-10,13,15H,6-8H2,1H3. The Morgan fingerprint density at radius 2 is 2.16 bits per heavy atom. The molecule has 0 amide bonds. The molecule has 2 saturated heterocycles. The molecule has 0 radical (unpaired) electrons. The number of nitrogens with zero attached hydrogens (tertiary/aromatic N) is 1. The predicted molar refractivity (Wildman–Crippen MR) is 77.3 cm³/mol. The lowest BCUT2D eigenvalue weighted by molar-refractivity contribution is 0.360. The van der Waals surface area contributed by atoms with Crippen molar-refractivity contribution in [3.63, 3.8) is 0 Å². The largest absolute Gasteiger partial charge is 0.316 e. The van der Waals surface area contributed by atoms with Gasteiger partial charge in [0.2, 0.25) is 10.0 Å². The maximum Gasteiger partial charge on any atom is 0.243 e. The lowest BCUT2D eigenvalue weighted by Gasteiger charge is -2.24. The summed E-state index contributed by atoms with van der Waals surface area (Å²) in [6.07, 6.45) is 0. The Morgan fingerprint density at radius 1 is 1.37 bits per heavy atom. The fourth-order valence-electron chi connectivity index (χ4n) is 3.21. The van der Waals surface area contributed by atoms with Crippen molar-refractivity contribution >= 4 is 26.0 Å². The summed E-state index contributed by atoms with van der Waals surface area (Å²) in [5.74, 6) is 0.902. The van der Waals surface area contributed by atoms with Gasteiger partial charge >= 0.3 is 0 Å². The lowest BCUT2D eigenvalue weighted by atomic mass is 9.95. The van der Waals surface area contributed by atoms with E-state index in [-0.39, 0.29) is 6.04 Å². The number of fused-ring (bicyclic) bond motifs is 1. The first kappa shape index (κ1) is 13.5. The van der Waals surface area contributed by atoms with Crippen molar-refractivity contribution in [2.75, 3.05) is 19.6 Å². The molecule has 104 valence electrons. The van der Waals surface area contributed by atoms with Crippen LogP contribution < -0.4 is 5.32 Å². The summed E-state index contributed by atoms with van der Waals surface area (Å²) in [5.41, 5.74) is 0. The Hall–Kier alpha value is -0.430. The molecule has 2 aliphatic rings. The number of hydrogen-bond donors (Lipinski definition) is 1. The van der Waals surface area contributed by atoms with Crippen LogP contribution in [0.3, 0.4) is 0 Å². The average molecular weight is 345 g/mol. The second-order valence-electron chi connectivity index (χ2n) is 5.35. The van der Waals surface area contributed by atoms with Gasteiger partial charge in [-0.1, -0.05) is 22.0 Å². The highest BCUT2D eigenvalue weighted by Gasteiger charge is 2.46. The molecular formula is C13H17BrN2O2S. The zero-order valence-electron chi connectivity index (χ0n) is 10.7. The molecule has 1 aromatic carbocycles. The zero-order chi connectivity index (χ0) is 13.6. The highest BCUT2D eigenvalue weighted by atomic mass is 79.9. The first-order chi connectivity index (χ1) is 9.00. The number of rotatable bonds is 2. The van der Waals surface area contributed by atoms with Gasteiger partial charge in [-0.15, -0.1) is 0 Å². The predicted octanol–water partition coefficient (Wildman–Crippen LogP) is 1.68. The first-order valence-electron chi connectivity index (χ1n) is 6.48. The Labute approximate surface area is 122 Å². The number of halogens is 1. The Balaban J connectivity index is 1.93.